The van der Waals surface area contributed by atoms with E-state index in [4.69, 9.17) is 4.74 Å². The number of hydrogen-bond acceptors (Lipinski definition) is 4. The zero-order chi connectivity index (χ0) is 16.0. The molecule has 0 fully saturated rings. The van der Waals surface area contributed by atoms with Crippen molar-refractivity contribution >= 4 is 36.0 Å². The van der Waals surface area contributed by atoms with Crippen molar-refractivity contribution in [3.63, 3.8) is 0 Å². The van der Waals surface area contributed by atoms with Gasteiger partial charge in [-0.15, -0.1) is 0 Å². The Morgan fingerprint density at radius 2 is 2.05 bits per heavy atom. The second kappa shape index (κ2) is 7.79. The van der Waals surface area contributed by atoms with Crippen LogP contribution >= 0.6 is 19.4 Å². The van der Waals surface area contributed by atoms with E-state index in [1.165, 1.54) is 0 Å². The van der Waals surface area contributed by atoms with Gasteiger partial charge in [0.25, 0.3) is 5.24 Å². The number of unbranched alkanes of at least 4 members (excludes halogenated alkanes) is 1. The van der Waals surface area contributed by atoms with Crippen LogP contribution in [0.25, 0.3) is 0 Å². The van der Waals surface area contributed by atoms with Gasteiger partial charge < -0.3 is 14.9 Å². The van der Waals surface area contributed by atoms with Crippen LogP contribution in [0.4, 0.5) is 16.2 Å². The molecule has 3 N–H and O–H groups in total. The molecule has 2 rings (SSSR count). The van der Waals surface area contributed by atoms with Gasteiger partial charge in [-0.3, -0.25) is 14.4 Å². The number of rotatable bonds is 7. The highest BCUT2D eigenvalue weighted by Crippen LogP contribution is 2.52. The number of thioether (sulfide) groups is 1. The first kappa shape index (κ1) is 17.0. The lowest BCUT2D eigenvalue weighted by atomic mass is 10.2. The van der Waals surface area contributed by atoms with Gasteiger partial charge in [0.05, 0.1) is 18.0 Å². The van der Waals surface area contributed by atoms with Crippen LogP contribution in [0, 0.1) is 0 Å². The first-order valence-electron chi connectivity index (χ1n) is 7.45. The molecular formula is C14H22N3O3PS. The van der Waals surface area contributed by atoms with Gasteiger partial charge in [0.1, 0.15) is 5.75 Å². The zero-order valence-electron chi connectivity index (χ0n) is 12.8. The Morgan fingerprint density at radius 3 is 2.77 bits per heavy atom. The van der Waals surface area contributed by atoms with Crippen LogP contribution < -0.4 is 20.0 Å². The summed E-state index contributed by atoms with van der Waals surface area (Å²) < 4.78 is 18.2. The van der Waals surface area contributed by atoms with Crippen molar-refractivity contribution in [2.45, 2.75) is 33.1 Å². The lowest BCUT2D eigenvalue weighted by molar-refractivity contribution is 0.264. The summed E-state index contributed by atoms with van der Waals surface area (Å²) in [5, 5.41) is 7.98. The molecule has 1 unspecified atom stereocenters. The third kappa shape index (κ3) is 4.58. The average Bonchev–Trinajstić information content (AvgIpc) is 2.80. The quantitative estimate of drug-likeness (QED) is 0.493. The minimum atomic E-state index is -3.18. The summed E-state index contributed by atoms with van der Waals surface area (Å²) in [4.78, 5) is 11.8. The van der Waals surface area contributed by atoms with E-state index >= 15 is 0 Å². The third-order valence-corrected chi connectivity index (χ3v) is 5.64. The van der Waals surface area contributed by atoms with Gasteiger partial charge in [-0.1, -0.05) is 32.0 Å². The van der Waals surface area contributed by atoms with Crippen LogP contribution in [0.2, 0.25) is 0 Å². The van der Waals surface area contributed by atoms with Gasteiger partial charge in [-0.25, -0.2) is 0 Å². The van der Waals surface area contributed by atoms with Gasteiger partial charge in [-0.05, 0) is 25.0 Å². The van der Waals surface area contributed by atoms with Crippen molar-refractivity contribution in [3.8, 4) is 5.75 Å². The smallest absolute Gasteiger partial charge is 0.355 e. The molecule has 1 heterocycles. The van der Waals surface area contributed by atoms with Crippen molar-refractivity contribution in [3.05, 3.63) is 18.2 Å². The van der Waals surface area contributed by atoms with E-state index in [9.17, 15) is 9.36 Å². The van der Waals surface area contributed by atoms with E-state index < -0.39 is 7.59 Å². The van der Waals surface area contributed by atoms with Crippen molar-refractivity contribution in [1.82, 2.24) is 5.09 Å². The Bertz CT molecular complexity index is 582. The first-order chi connectivity index (χ1) is 10.6. The molecule has 0 spiro atoms. The van der Waals surface area contributed by atoms with Gasteiger partial charge in [0, 0.05) is 11.8 Å². The van der Waals surface area contributed by atoms with E-state index in [1.807, 2.05) is 13.0 Å². The molecule has 1 aromatic rings. The molecule has 1 atom stereocenters. The second-order valence-corrected chi connectivity index (χ2v) is 7.95. The summed E-state index contributed by atoms with van der Waals surface area (Å²) in [7, 11) is -3.18. The highest BCUT2D eigenvalue weighted by molar-refractivity contribution is 8.14. The Balaban J connectivity index is 1.95. The number of benzene rings is 1. The lowest BCUT2D eigenvalue weighted by Crippen LogP contribution is -2.21. The van der Waals surface area contributed by atoms with E-state index in [1.54, 1.807) is 12.1 Å². The lowest BCUT2D eigenvalue weighted by Gasteiger charge is -2.13. The summed E-state index contributed by atoms with van der Waals surface area (Å²) in [5.74, 6) is 1.44. The number of hydrogen-bond donors (Lipinski definition) is 3. The molecule has 0 bridgehead atoms. The minimum absolute atomic E-state index is 0.285. The van der Waals surface area contributed by atoms with Crippen molar-refractivity contribution in [1.29, 1.82) is 0 Å². The standard InChI is InChI=1S/C14H22N3O3PS/c1-3-5-9-22-14(18)17-21(19)15-12-7-6-11(20-8-4-2)10-13(12)16-21/h6-7,10H,3-5,8-9H2,1-2H3,(H3,15,16,17,18,19). The molecule has 8 heteroatoms. The summed E-state index contributed by atoms with van der Waals surface area (Å²) in [5.41, 5.74) is 1.38. The van der Waals surface area contributed by atoms with Gasteiger partial charge in [-0.2, -0.15) is 0 Å². The van der Waals surface area contributed by atoms with Crippen LogP contribution in [-0.4, -0.2) is 17.6 Å². The van der Waals surface area contributed by atoms with Crippen molar-refractivity contribution in [2.75, 3.05) is 22.5 Å². The maximum Gasteiger partial charge on any atom is 0.355 e. The van der Waals surface area contributed by atoms with Crippen LogP contribution in [-0.2, 0) is 4.57 Å². The molecule has 1 aliphatic rings. The highest BCUT2D eigenvalue weighted by Gasteiger charge is 2.32. The summed E-state index contributed by atoms with van der Waals surface area (Å²) >= 11 is 1.15. The fraction of sp³-hybridized carbons (Fsp3) is 0.500. The third-order valence-electron chi connectivity index (χ3n) is 3.00. The molecule has 1 aromatic carbocycles. The summed E-state index contributed by atoms with van der Waals surface area (Å²) in [6.07, 6.45) is 2.91. The number of carbonyl (C=O) groups is 1. The molecule has 0 radical (unpaired) electrons. The molecule has 0 saturated carbocycles. The predicted molar refractivity (Wildman–Crippen MR) is 93.0 cm³/mol. The zero-order valence-corrected chi connectivity index (χ0v) is 14.6. The molecule has 122 valence electrons. The summed E-state index contributed by atoms with van der Waals surface area (Å²) in [6.45, 7) is 4.73. The molecule has 1 aliphatic heterocycles. The number of anilines is 2. The Hall–Kier alpha value is -1.33. The molecule has 1 amide bonds. The fourth-order valence-corrected chi connectivity index (χ4v) is 4.66. The normalized spacial score (nSPS) is 19.0. The van der Waals surface area contributed by atoms with E-state index in [-0.39, 0.29) is 5.24 Å². The van der Waals surface area contributed by atoms with E-state index in [0.717, 1.165) is 36.8 Å². The average molecular weight is 343 g/mol. The Kier molecular flexibility index (Phi) is 6.03. The SMILES string of the molecule is CCCCSC(=O)NP1(=O)Nc2ccc(OCCC)cc2N1. The van der Waals surface area contributed by atoms with Crippen LogP contribution in [0.5, 0.6) is 5.75 Å². The molecule has 0 saturated heterocycles. The second-order valence-electron chi connectivity index (χ2n) is 4.99. The number of nitrogens with one attached hydrogen (secondary N) is 3. The molecule has 0 aliphatic carbocycles. The Morgan fingerprint density at radius 1 is 1.27 bits per heavy atom. The number of amides is 1. The van der Waals surface area contributed by atoms with Gasteiger partial charge in [0.2, 0.25) is 0 Å². The van der Waals surface area contributed by atoms with Crippen molar-refractivity contribution in [2.24, 2.45) is 0 Å². The minimum Gasteiger partial charge on any atom is -0.494 e. The van der Waals surface area contributed by atoms with Crippen LogP contribution in [0.15, 0.2) is 18.2 Å². The van der Waals surface area contributed by atoms with Gasteiger partial charge >= 0.3 is 7.59 Å². The maximum atomic E-state index is 12.6. The monoisotopic (exact) mass is 343 g/mol. The van der Waals surface area contributed by atoms with Crippen LogP contribution in [0.3, 0.4) is 0 Å². The number of fused-ring (bicyclic) bond motifs is 1. The largest absolute Gasteiger partial charge is 0.494 e. The Labute approximate surface area is 135 Å². The summed E-state index contributed by atoms with van der Waals surface area (Å²) in [6, 6.07) is 5.40. The fourth-order valence-electron chi connectivity index (χ4n) is 1.92. The van der Waals surface area contributed by atoms with Gasteiger partial charge in [0.15, 0.2) is 0 Å². The predicted octanol–water partition coefficient (Wildman–Crippen LogP) is 4.66. The topological polar surface area (TPSA) is 79.5 Å². The van der Waals surface area contributed by atoms with Crippen LogP contribution in [0.1, 0.15) is 33.1 Å². The molecule has 6 nitrogen and oxygen atoms in total. The number of ether oxygens (including phenoxy) is 1. The molecule has 22 heavy (non-hydrogen) atoms. The highest BCUT2D eigenvalue weighted by atomic mass is 32.2. The van der Waals surface area contributed by atoms with E-state index in [0.29, 0.717) is 23.7 Å². The molecular weight excluding hydrogens is 321 g/mol. The van der Waals surface area contributed by atoms with E-state index in [2.05, 4.69) is 22.2 Å². The molecule has 0 aromatic heterocycles. The number of carbonyl (C=O) groups excluding carboxylic acids is 1. The first-order valence-corrected chi connectivity index (χ1v) is 10.1. The maximum absolute atomic E-state index is 12.6. The van der Waals surface area contributed by atoms with Crippen molar-refractivity contribution < 1.29 is 14.1 Å².